The molecular formula is C22H19ClN2O4. The third-order valence-electron chi connectivity index (χ3n) is 4.29. The van der Waals surface area contributed by atoms with Gasteiger partial charge >= 0.3 is 5.97 Å². The van der Waals surface area contributed by atoms with Crippen LogP contribution in [0.25, 0.3) is 10.8 Å². The molecule has 0 atom stereocenters. The van der Waals surface area contributed by atoms with Crippen molar-refractivity contribution in [3.05, 3.63) is 77.3 Å². The molecule has 0 aliphatic rings. The van der Waals surface area contributed by atoms with Crippen LogP contribution in [0.4, 0.5) is 5.69 Å². The number of carbonyl (C=O) groups is 3. The van der Waals surface area contributed by atoms with Crippen molar-refractivity contribution in [3.63, 3.8) is 0 Å². The van der Waals surface area contributed by atoms with E-state index < -0.39 is 24.4 Å². The van der Waals surface area contributed by atoms with Gasteiger partial charge in [0.05, 0.1) is 22.8 Å². The summed E-state index contributed by atoms with van der Waals surface area (Å²) in [6.45, 7) is -0.659. The summed E-state index contributed by atoms with van der Waals surface area (Å²) in [6.07, 6.45) is 0. The number of anilines is 1. The maximum Gasteiger partial charge on any atom is 0.339 e. The van der Waals surface area contributed by atoms with E-state index in [2.05, 4.69) is 5.32 Å². The van der Waals surface area contributed by atoms with Gasteiger partial charge in [-0.05, 0) is 29.0 Å². The average Bonchev–Trinajstić information content (AvgIpc) is 2.72. The molecule has 3 aromatic carbocycles. The molecule has 0 bridgehead atoms. The Morgan fingerprint density at radius 3 is 2.45 bits per heavy atom. The second-order valence-electron chi connectivity index (χ2n) is 6.38. The van der Waals surface area contributed by atoms with Crippen LogP contribution in [0, 0.1) is 0 Å². The van der Waals surface area contributed by atoms with Crippen LogP contribution in [0.5, 0.6) is 0 Å². The number of nitrogens with one attached hydrogen (secondary N) is 1. The first-order valence-electron chi connectivity index (χ1n) is 8.89. The fourth-order valence-electron chi connectivity index (χ4n) is 2.77. The van der Waals surface area contributed by atoms with Crippen LogP contribution in [-0.2, 0) is 14.3 Å². The number of carbonyl (C=O) groups excluding carboxylic acids is 3. The molecule has 3 aromatic rings. The van der Waals surface area contributed by atoms with Crippen molar-refractivity contribution in [1.82, 2.24) is 4.90 Å². The molecule has 7 heteroatoms. The highest BCUT2D eigenvalue weighted by atomic mass is 35.5. The molecule has 0 aliphatic carbocycles. The van der Waals surface area contributed by atoms with E-state index in [0.29, 0.717) is 16.3 Å². The number of esters is 1. The molecule has 148 valence electrons. The number of hydrogen-bond acceptors (Lipinski definition) is 4. The van der Waals surface area contributed by atoms with Gasteiger partial charge < -0.3 is 15.0 Å². The minimum Gasteiger partial charge on any atom is -0.452 e. The summed E-state index contributed by atoms with van der Waals surface area (Å²) in [7, 11) is 1.46. The Hall–Kier alpha value is -3.38. The summed E-state index contributed by atoms with van der Waals surface area (Å²) in [4.78, 5) is 37.9. The van der Waals surface area contributed by atoms with Gasteiger partial charge in [0.2, 0.25) is 5.91 Å². The van der Waals surface area contributed by atoms with Gasteiger partial charge in [0.1, 0.15) is 0 Å². The van der Waals surface area contributed by atoms with Gasteiger partial charge in [-0.3, -0.25) is 9.59 Å². The van der Waals surface area contributed by atoms with Crippen LogP contribution < -0.4 is 5.32 Å². The zero-order chi connectivity index (χ0) is 20.8. The monoisotopic (exact) mass is 410 g/mol. The van der Waals surface area contributed by atoms with Gasteiger partial charge in [-0.15, -0.1) is 0 Å². The quantitative estimate of drug-likeness (QED) is 0.628. The van der Waals surface area contributed by atoms with Gasteiger partial charge in [0, 0.05) is 7.05 Å². The maximum atomic E-state index is 12.4. The zero-order valence-corrected chi connectivity index (χ0v) is 16.5. The van der Waals surface area contributed by atoms with Crippen LogP contribution >= 0.6 is 11.6 Å². The Morgan fingerprint density at radius 1 is 0.966 bits per heavy atom. The molecule has 0 radical (unpaired) electrons. The van der Waals surface area contributed by atoms with E-state index in [0.717, 1.165) is 10.8 Å². The Morgan fingerprint density at radius 2 is 1.66 bits per heavy atom. The molecule has 0 saturated carbocycles. The fraction of sp³-hybridized carbons (Fsp3) is 0.136. The lowest BCUT2D eigenvalue weighted by Gasteiger charge is -2.17. The third kappa shape index (κ3) is 5.12. The number of rotatable bonds is 6. The second kappa shape index (κ2) is 9.21. The number of ether oxygens (including phenoxy) is 1. The summed E-state index contributed by atoms with van der Waals surface area (Å²) in [5, 5.41) is 4.69. The highest BCUT2D eigenvalue weighted by molar-refractivity contribution is 6.33. The molecular weight excluding hydrogens is 392 g/mol. The van der Waals surface area contributed by atoms with Crippen LogP contribution in [0.3, 0.4) is 0 Å². The largest absolute Gasteiger partial charge is 0.452 e. The number of benzene rings is 3. The minimum absolute atomic E-state index is 0.199. The summed E-state index contributed by atoms with van der Waals surface area (Å²) in [6, 6.07) is 19.5. The Labute approximate surface area is 173 Å². The molecule has 0 heterocycles. The van der Waals surface area contributed by atoms with Crippen molar-refractivity contribution in [3.8, 4) is 0 Å². The fourth-order valence-corrected chi connectivity index (χ4v) is 2.96. The number of fused-ring (bicyclic) bond motifs is 1. The van der Waals surface area contributed by atoms with Crippen molar-refractivity contribution in [2.45, 2.75) is 0 Å². The van der Waals surface area contributed by atoms with E-state index >= 15 is 0 Å². The average molecular weight is 411 g/mol. The lowest BCUT2D eigenvalue weighted by atomic mass is 10.1. The van der Waals surface area contributed by atoms with E-state index in [-0.39, 0.29) is 6.54 Å². The lowest BCUT2D eigenvalue weighted by molar-refractivity contribution is -0.136. The second-order valence-corrected chi connectivity index (χ2v) is 6.79. The van der Waals surface area contributed by atoms with Crippen molar-refractivity contribution in [2.24, 2.45) is 0 Å². The van der Waals surface area contributed by atoms with Gasteiger partial charge in [-0.2, -0.15) is 0 Å². The molecule has 0 spiro atoms. The predicted octanol–water partition coefficient (Wildman–Crippen LogP) is 3.75. The van der Waals surface area contributed by atoms with Crippen molar-refractivity contribution >= 4 is 45.8 Å². The number of hydrogen-bond donors (Lipinski definition) is 1. The normalized spacial score (nSPS) is 10.4. The van der Waals surface area contributed by atoms with Gasteiger partial charge in [-0.25, -0.2) is 4.79 Å². The van der Waals surface area contributed by atoms with Crippen molar-refractivity contribution in [1.29, 1.82) is 0 Å². The van der Waals surface area contributed by atoms with Crippen molar-refractivity contribution in [2.75, 3.05) is 25.5 Å². The molecule has 1 N–H and O–H groups in total. The highest BCUT2D eigenvalue weighted by Gasteiger charge is 2.17. The number of halogens is 1. The lowest BCUT2D eigenvalue weighted by Crippen LogP contribution is -2.37. The summed E-state index contributed by atoms with van der Waals surface area (Å²) in [5.41, 5.74) is 0.845. The van der Waals surface area contributed by atoms with E-state index in [1.165, 1.54) is 11.9 Å². The van der Waals surface area contributed by atoms with Crippen LogP contribution in [0.2, 0.25) is 5.02 Å². The minimum atomic E-state index is -0.593. The zero-order valence-electron chi connectivity index (χ0n) is 15.7. The first-order chi connectivity index (χ1) is 14.0. The third-order valence-corrected chi connectivity index (χ3v) is 4.62. The first kappa shape index (κ1) is 20.4. The Balaban J connectivity index is 1.55. The number of nitrogens with zero attached hydrogens (tertiary/aromatic N) is 1. The van der Waals surface area contributed by atoms with E-state index in [4.69, 9.17) is 16.3 Å². The van der Waals surface area contributed by atoms with Crippen LogP contribution in [-0.4, -0.2) is 42.9 Å². The standard InChI is InChI=1S/C22H19ClN2O4/c1-25(13-20(26)24-19-12-5-4-11-18(19)23)21(27)14-29-22(28)17-10-6-8-15-7-2-3-9-16(15)17/h2-12H,13-14H2,1H3,(H,24,26). The van der Waals surface area contributed by atoms with Gasteiger partial charge in [0.15, 0.2) is 6.61 Å². The van der Waals surface area contributed by atoms with Crippen molar-refractivity contribution < 1.29 is 19.1 Å². The van der Waals surface area contributed by atoms with E-state index in [1.54, 1.807) is 36.4 Å². The topological polar surface area (TPSA) is 75.7 Å². The molecule has 2 amide bonds. The Kier molecular flexibility index (Phi) is 6.46. The summed E-state index contributed by atoms with van der Waals surface area (Å²) < 4.78 is 5.16. The highest BCUT2D eigenvalue weighted by Crippen LogP contribution is 2.20. The maximum absolute atomic E-state index is 12.4. The molecule has 0 unspecified atom stereocenters. The SMILES string of the molecule is CN(CC(=O)Nc1ccccc1Cl)C(=O)COC(=O)c1cccc2ccccc12. The molecule has 29 heavy (non-hydrogen) atoms. The molecule has 0 aromatic heterocycles. The number of amides is 2. The van der Waals surface area contributed by atoms with Gasteiger partial charge in [-0.1, -0.05) is 60.1 Å². The van der Waals surface area contributed by atoms with Crippen LogP contribution in [0.15, 0.2) is 66.7 Å². The van der Waals surface area contributed by atoms with Crippen LogP contribution in [0.1, 0.15) is 10.4 Å². The molecule has 6 nitrogen and oxygen atoms in total. The summed E-state index contributed by atoms with van der Waals surface area (Å²) in [5.74, 6) is -1.49. The summed E-state index contributed by atoms with van der Waals surface area (Å²) >= 11 is 6.00. The van der Waals surface area contributed by atoms with E-state index in [9.17, 15) is 14.4 Å². The molecule has 0 aliphatic heterocycles. The van der Waals surface area contributed by atoms with E-state index in [1.807, 2.05) is 30.3 Å². The number of likely N-dealkylation sites (N-methyl/N-ethyl adjacent to an activating group) is 1. The molecule has 0 saturated heterocycles. The first-order valence-corrected chi connectivity index (χ1v) is 9.26. The predicted molar refractivity (Wildman–Crippen MR) is 112 cm³/mol. The molecule has 0 fully saturated rings. The Bertz CT molecular complexity index is 1060. The number of para-hydroxylation sites is 1. The molecule has 3 rings (SSSR count). The van der Waals surface area contributed by atoms with Gasteiger partial charge in [0.25, 0.3) is 5.91 Å². The smallest absolute Gasteiger partial charge is 0.339 e.